The predicted octanol–water partition coefficient (Wildman–Crippen LogP) is 4.17. The molecule has 6 nitrogen and oxygen atoms in total. The normalized spacial score (nSPS) is 14.3. The van der Waals surface area contributed by atoms with Crippen molar-refractivity contribution in [2.75, 3.05) is 18.4 Å². The van der Waals surface area contributed by atoms with E-state index in [1.54, 1.807) is 12.3 Å². The average molecular weight is 387 g/mol. The van der Waals surface area contributed by atoms with Gasteiger partial charge in [0.2, 0.25) is 0 Å². The Kier molecular flexibility index (Phi) is 6.10. The Morgan fingerprint density at radius 3 is 2.41 bits per heavy atom. The minimum Gasteiger partial charge on any atom is -0.364 e. The summed E-state index contributed by atoms with van der Waals surface area (Å²) in [4.78, 5) is 28.7. The molecule has 29 heavy (non-hydrogen) atoms. The first kappa shape index (κ1) is 19.1. The molecule has 1 aliphatic heterocycles. The highest BCUT2D eigenvalue weighted by atomic mass is 16.2. The van der Waals surface area contributed by atoms with Crippen LogP contribution in [-0.2, 0) is 6.54 Å². The third-order valence-electron chi connectivity index (χ3n) is 5.05. The lowest BCUT2D eigenvalue weighted by Gasteiger charge is -2.20. The van der Waals surface area contributed by atoms with Gasteiger partial charge < -0.3 is 10.2 Å². The Bertz CT molecular complexity index is 938. The van der Waals surface area contributed by atoms with Crippen LogP contribution in [0.15, 0.2) is 60.8 Å². The third-order valence-corrected chi connectivity index (χ3v) is 5.05. The summed E-state index contributed by atoms with van der Waals surface area (Å²) < 4.78 is 0. The first-order valence-electron chi connectivity index (χ1n) is 10.2. The average Bonchev–Trinajstić information content (AvgIpc) is 3.08. The number of amides is 1. The quantitative estimate of drug-likeness (QED) is 0.712. The monoisotopic (exact) mass is 387 g/mol. The SMILES string of the molecule is O=C(c1cc(NCc2ccccn2)nc(-c2ccccc2)n1)N1CCCCCC1. The molecule has 0 radical (unpaired) electrons. The highest BCUT2D eigenvalue weighted by molar-refractivity contribution is 5.93. The molecule has 1 N–H and O–H groups in total. The van der Waals surface area contributed by atoms with Crippen molar-refractivity contribution in [3.63, 3.8) is 0 Å². The Morgan fingerprint density at radius 2 is 1.69 bits per heavy atom. The van der Waals surface area contributed by atoms with Crippen molar-refractivity contribution in [1.29, 1.82) is 0 Å². The molecule has 0 unspecified atom stereocenters. The first-order valence-corrected chi connectivity index (χ1v) is 10.2. The molecule has 2 aromatic heterocycles. The van der Waals surface area contributed by atoms with Gasteiger partial charge in [0.25, 0.3) is 5.91 Å². The largest absolute Gasteiger partial charge is 0.364 e. The molecule has 3 heterocycles. The summed E-state index contributed by atoms with van der Waals surface area (Å²) in [6, 6.07) is 17.3. The van der Waals surface area contributed by atoms with E-state index in [0.717, 1.165) is 37.2 Å². The molecular weight excluding hydrogens is 362 g/mol. The first-order chi connectivity index (χ1) is 14.3. The highest BCUT2D eigenvalue weighted by Gasteiger charge is 2.20. The van der Waals surface area contributed by atoms with Gasteiger partial charge in [0.1, 0.15) is 11.5 Å². The summed E-state index contributed by atoms with van der Waals surface area (Å²) in [7, 11) is 0. The number of carbonyl (C=O) groups excluding carboxylic acids is 1. The maximum atomic E-state index is 13.2. The van der Waals surface area contributed by atoms with E-state index in [1.165, 1.54) is 12.8 Å². The molecule has 1 saturated heterocycles. The number of hydrogen-bond donors (Lipinski definition) is 1. The summed E-state index contributed by atoms with van der Waals surface area (Å²) >= 11 is 0. The van der Waals surface area contributed by atoms with Crippen LogP contribution in [0.4, 0.5) is 5.82 Å². The molecule has 1 aromatic carbocycles. The second kappa shape index (κ2) is 9.28. The Balaban J connectivity index is 1.63. The minimum atomic E-state index is -0.0210. The van der Waals surface area contributed by atoms with E-state index in [2.05, 4.69) is 20.3 Å². The van der Waals surface area contributed by atoms with Gasteiger partial charge in [-0.05, 0) is 25.0 Å². The van der Waals surface area contributed by atoms with E-state index in [9.17, 15) is 4.79 Å². The number of carbonyl (C=O) groups is 1. The standard InChI is InChI=1S/C23H25N5O/c29-23(28-14-8-1-2-9-15-28)20-16-21(25-17-19-12-6-7-13-24-19)27-22(26-20)18-10-4-3-5-11-18/h3-7,10-13,16H,1-2,8-9,14-15,17H2,(H,25,26,27). The predicted molar refractivity (Wildman–Crippen MR) is 113 cm³/mol. The second-order valence-electron chi connectivity index (χ2n) is 7.21. The lowest BCUT2D eigenvalue weighted by atomic mass is 10.2. The summed E-state index contributed by atoms with van der Waals surface area (Å²) in [6.45, 7) is 2.11. The molecule has 0 aliphatic carbocycles. The smallest absolute Gasteiger partial charge is 0.272 e. The molecule has 1 fully saturated rings. The second-order valence-corrected chi connectivity index (χ2v) is 7.21. The van der Waals surface area contributed by atoms with Gasteiger partial charge in [0.15, 0.2) is 5.82 Å². The summed E-state index contributed by atoms with van der Waals surface area (Å²) in [5, 5.41) is 3.30. The van der Waals surface area contributed by atoms with Gasteiger partial charge >= 0.3 is 0 Å². The van der Waals surface area contributed by atoms with Gasteiger partial charge in [-0.25, -0.2) is 9.97 Å². The molecule has 3 aromatic rings. The molecule has 148 valence electrons. The maximum absolute atomic E-state index is 13.2. The summed E-state index contributed by atoms with van der Waals surface area (Å²) in [6.07, 6.45) is 6.22. The van der Waals surface area contributed by atoms with Crippen LogP contribution in [0.5, 0.6) is 0 Å². The van der Waals surface area contributed by atoms with Crippen molar-refractivity contribution in [3.05, 3.63) is 72.2 Å². The van der Waals surface area contributed by atoms with Crippen LogP contribution in [-0.4, -0.2) is 38.8 Å². The highest BCUT2D eigenvalue weighted by Crippen LogP contribution is 2.20. The number of nitrogens with one attached hydrogen (secondary N) is 1. The molecule has 0 saturated carbocycles. The van der Waals surface area contributed by atoms with Gasteiger partial charge in [-0.3, -0.25) is 9.78 Å². The zero-order valence-electron chi connectivity index (χ0n) is 16.4. The van der Waals surface area contributed by atoms with Crippen LogP contribution in [0.3, 0.4) is 0 Å². The van der Waals surface area contributed by atoms with E-state index in [4.69, 9.17) is 0 Å². The number of benzene rings is 1. The Morgan fingerprint density at radius 1 is 0.931 bits per heavy atom. The molecule has 1 aliphatic rings. The van der Waals surface area contributed by atoms with E-state index < -0.39 is 0 Å². The lowest BCUT2D eigenvalue weighted by molar-refractivity contribution is 0.0756. The van der Waals surface area contributed by atoms with Crippen LogP contribution in [0.25, 0.3) is 11.4 Å². The van der Waals surface area contributed by atoms with Crippen molar-refractivity contribution < 1.29 is 4.79 Å². The molecule has 0 spiro atoms. The van der Waals surface area contributed by atoms with Gasteiger partial charge in [-0.1, -0.05) is 49.2 Å². The number of pyridine rings is 1. The van der Waals surface area contributed by atoms with Gasteiger partial charge in [-0.2, -0.15) is 0 Å². The molecule has 1 amide bonds. The van der Waals surface area contributed by atoms with Gasteiger partial charge in [0, 0.05) is 30.9 Å². The number of rotatable bonds is 5. The molecular formula is C23H25N5O. The number of anilines is 1. The van der Waals surface area contributed by atoms with Crippen LogP contribution >= 0.6 is 0 Å². The van der Waals surface area contributed by atoms with Crippen molar-refractivity contribution in [2.24, 2.45) is 0 Å². The molecule has 0 atom stereocenters. The Labute approximate surface area is 171 Å². The molecule has 0 bridgehead atoms. The van der Waals surface area contributed by atoms with E-state index in [1.807, 2.05) is 53.4 Å². The zero-order chi connectivity index (χ0) is 19.9. The lowest BCUT2D eigenvalue weighted by Crippen LogP contribution is -2.32. The fraction of sp³-hybridized carbons (Fsp3) is 0.304. The van der Waals surface area contributed by atoms with Crippen LogP contribution in [0.1, 0.15) is 41.9 Å². The topological polar surface area (TPSA) is 71.0 Å². The van der Waals surface area contributed by atoms with Crippen LogP contribution < -0.4 is 5.32 Å². The Hall–Kier alpha value is -3.28. The number of likely N-dealkylation sites (tertiary alicyclic amines) is 1. The minimum absolute atomic E-state index is 0.0210. The fourth-order valence-corrected chi connectivity index (χ4v) is 3.48. The van der Waals surface area contributed by atoms with E-state index in [-0.39, 0.29) is 5.91 Å². The number of hydrogen-bond acceptors (Lipinski definition) is 5. The van der Waals surface area contributed by atoms with Crippen LogP contribution in [0.2, 0.25) is 0 Å². The maximum Gasteiger partial charge on any atom is 0.272 e. The number of aromatic nitrogens is 3. The van der Waals surface area contributed by atoms with E-state index >= 15 is 0 Å². The summed E-state index contributed by atoms with van der Waals surface area (Å²) in [5.41, 5.74) is 2.23. The van der Waals surface area contributed by atoms with Gasteiger partial charge in [0.05, 0.1) is 12.2 Å². The summed E-state index contributed by atoms with van der Waals surface area (Å²) in [5.74, 6) is 1.16. The van der Waals surface area contributed by atoms with Crippen LogP contribution in [0, 0.1) is 0 Å². The third kappa shape index (κ3) is 4.96. The molecule has 6 heteroatoms. The van der Waals surface area contributed by atoms with E-state index in [0.29, 0.717) is 23.9 Å². The van der Waals surface area contributed by atoms with Crippen molar-refractivity contribution in [3.8, 4) is 11.4 Å². The molecule has 4 rings (SSSR count). The zero-order valence-corrected chi connectivity index (χ0v) is 16.4. The van der Waals surface area contributed by atoms with Gasteiger partial charge in [-0.15, -0.1) is 0 Å². The van der Waals surface area contributed by atoms with Crippen molar-refractivity contribution >= 4 is 11.7 Å². The number of nitrogens with zero attached hydrogens (tertiary/aromatic N) is 4. The van der Waals surface area contributed by atoms with Crippen molar-refractivity contribution in [1.82, 2.24) is 19.9 Å². The fourth-order valence-electron chi connectivity index (χ4n) is 3.48. The van der Waals surface area contributed by atoms with Crippen molar-refractivity contribution in [2.45, 2.75) is 32.2 Å².